The molecule has 1 heterocycles. The molecule has 2 N–H and O–H groups in total. The molecule has 0 saturated heterocycles. The third-order valence-corrected chi connectivity index (χ3v) is 2.82. The summed E-state index contributed by atoms with van der Waals surface area (Å²) in [5.74, 6) is 0. The lowest BCUT2D eigenvalue weighted by molar-refractivity contribution is -0.267. The van der Waals surface area contributed by atoms with Gasteiger partial charge in [0.1, 0.15) is 0 Å². The molecule has 96 valence electrons. The lowest BCUT2D eigenvalue weighted by atomic mass is 9.90. The largest absolute Gasteiger partial charge is 0.423 e. The highest BCUT2D eigenvalue weighted by Crippen LogP contribution is 2.40. The van der Waals surface area contributed by atoms with E-state index in [4.69, 9.17) is 0 Å². The Hall–Kier alpha value is -1.75. The van der Waals surface area contributed by atoms with Gasteiger partial charge in [-0.05, 0) is 17.7 Å². The van der Waals surface area contributed by atoms with Gasteiger partial charge in [0, 0.05) is 12.6 Å². The van der Waals surface area contributed by atoms with Crippen LogP contribution in [0.1, 0.15) is 11.3 Å². The van der Waals surface area contributed by atoms with Crippen molar-refractivity contribution in [2.45, 2.75) is 18.2 Å². The summed E-state index contributed by atoms with van der Waals surface area (Å²) in [4.78, 5) is 2.43. The van der Waals surface area contributed by atoms with E-state index in [2.05, 4.69) is 4.98 Å². The monoisotopic (exact) mass is 255 g/mol. The summed E-state index contributed by atoms with van der Waals surface area (Å²) < 4.78 is 39.2. The molecule has 0 fully saturated rings. The number of H-pyrrole nitrogens is 1. The molecule has 1 unspecified atom stereocenters. The fourth-order valence-corrected chi connectivity index (χ4v) is 1.83. The van der Waals surface area contributed by atoms with E-state index in [0.29, 0.717) is 5.56 Å². The van der Waals surface area contributed by atoms with Crippen molar-refractivity contribution >= 4 is 0 Å². The van der Waals surface area contributed by atoms with Gasteiger partial charge < -0.3 is 10.1 Å². The van der Waals surface area contributed by atoms with Crippen LogP contribution in [0.3, 0.4) is 0 Å². The lowest BCUT2D eigenvalue weighted by Crippen LogP contribution is -2.44. The van der Waals surface area contributed by atoms with Crippen LogP contribution < -0.4 is 0 Å². The molecule has 0 aliphatic carbocycles. The van der Waals surface area contributed by atoms with Crippen molar-refractivity contribution < 1.29 is 18.3 Å². The molecule has 0 spiro atoms. The first-order chi connectivity index (χ1) is 8.43. The zero-order chi connectivity index (χ0) is 13.2. The molecule has 0 amide bonds. The summed E-state index contributed by atoms with van der Waals surface area (Å²) in [7, 11) is 0. The summed E-state index contributed by atoms with van der Waals surface area (Å²) >= 11 is 0. The third kappa shape index (κ3) is 2.26. The maximum atomic E-state index is 13.1. The molecule has 0 bridgehead atoms. The van der Waals surface area contributed by atoms with Crippen molar-refractivity contribution in [1.29, 1.82) is 0 Å². The van der Waals surface area contributed by atoms with E-state index in [1.54, 1.807) is 30.3 Å². The van der Waals surface area contributed by atoms with E-state index >= 15 is 0 Å². The fraction of sp³-hybridized carbons (Fsp3) is 0.231. The first kappa shape index (κ1) is 12.7. The summed E-state index contributed by atoms with van der Waals surface area (Å²) in [6, 6.07) is 10.8. The van der Waals surface area contributed by atoms with Crippen LogP contribution in [0, 0.1) is 0 Å². The number of rotatable bonds is 3. The van der Waals surface area contributed by atoms with Crippen molar-refractivity contribution in [3.8, 4) is 0 Å². The molecule has 1 aromatic heterocycles. The van der Waals surface area contributed by atoms with Crippen LogP contribution in [0.5, 0.6) is 0 Å². The van der Waals surface area contributed by atoms with Crippen LogP contribution in [0.2, 0.25) is 0 Å². The number of alkyl halides is 3. The van der Waals surface area contributed by atoms with E-state index in [1.807, 2.05) is 0 Å². The highest BCUT2D eigenvalue weighted by Gasteiger charge is 2.55. The Balaban J connectivity index is 2.39. The Morgan fingerprint density at radius 2 is 1.67 bits per heavy atom. The molecule has 2 aromatic rings. The standard InChI is InChI=1S/C13H12F3NO/c14-13(15,16)12(18,11-7-4-8-17-11)9-10-5-2-1-3-6-10/h1-8,17-18H,9H2. The molecule has 0 saturated carbocycles. The molecule has 0 radical (unpaired) electrons. The van der Waals surface area contributed by atoms with Crippen molar-refractivity contribution in [2.24, 2.45) is 0 Å². The van der Waals surface area contributed by atoms with Gasteiger partial charge >= 0.3 is 6.18 Å². The van der Waals surface area contributed by atoms with Gasteiger partial charge in [-0.1, -0.05) is 30.3 Å². The van der Waals surface area contributed by atoms with Crippen LogP contribution in [-0.4, -0.2) is 16.3 Å². The maximum Gasteiger partial charge on any atom is 0.423 e. The summed E-state index contributed by atoms with van der Waals surface area (Å²) in [5.41, 5.74) is -2.72. The molecule has 1 atom stereocenters. The Morgan fingerprint density at radius 1 is 1.00 bits per heavy atom. The molecular formula is C13H12F3NO. The predicted molar refractivity (Wildman–Crippen MR) is 60.9 cm³/mol. The summed E-state index contributed by atoms with van der Waals surface area (Å²) in [5, 5.41) is 10.0. The second-order valence-electron chi connectivity index (χ2n) is 4.10. The number of aromatic amines is 1. The second kappa shape index (κ2) is 4.49. The van der Waals surface area contributed by atoms with Gasteiger partial charge in [-0.2, -0.15) is 13.2 Å². The smallest absolute Gasteiger partial charge is 0.375 e. The average Bonchev–Trinajstić information content (AvgIpc) is 2.82. The van der Waals surface area contributed by atoms with Crippen LogP contribution in [0.15, 0.2) is 48.7 Å². The molecule has 1 aromatic carbocycles. The Bertz CT molecular complexity index is 493. The molecule has 5 heteroatoms. The molecule has 0 aliphatic heterocycles. The van der Waals surface area contributed by atoms with E-state index in [1.165, 1.54) is 18.3 Å². The maximum absolute atomic E-state index is 13.1. The lowest BCUT2D eigenvalue weighted by Gasteiger charge is -2.29. The van der Waals surface area contributed by atoms with Gasteiger partial charge in [0.25, 0.3) is 0 Å². The van der Waals surface area contributed by atoms with Crippen LogP contribution in [0.4, 0.5) is 13.2 Å². The van der Waals surface area contributed by atoms with Crippen LogP contribution in [0.25, 0.3) is 0 Å². The Kier molecular flexibility index (Phi) is 3.17. The molecular weight excluding hydrogens is 243 g/mol. The van der Waals surface area contributed by atoms with Gasteiger partial charge in [0.15, 0.2) is 0 Å². The first-order valence-corrected chi connectivity index (χ1v) is 5.40. The minimum atomic E-state index is -4.74. The number of hydrogen-bond acceptors (Lipinski definition) is 1. The van der Waals surface area contributed by atoms with Crippen LogP contribution >= 0.6 is 0 Å². The van der Waals surface area contributed by atoms with E-state index in [9.17, 15) is 18.3 Å². The van der Waals surface area contributed by atoms with Gasteiger partial charge in [0.2, 0.25) is 5.60 Å². The van der Waals surface area contributed by atoms with Gasteiger partial charge in [-0.15, -0.1) is 0 Å². The molecule has 18 heavy (non-hydrogen) atoms. The number of hydrogen-bond donors (Lipinski definition) is 2. The number of aromatic nitrogens is 1. The van der Waals surface area contributed by atoms with E-state index < -0.39 is 18.2 Å². The molecule has 0 aliphatic rings. The number of halogens is 3. The molecule has 2 rings (SSSR count). The summed E-state index contributed by atoms with van der Waals surface area (Å²) in [6.07, 6.45) is -3.90. The van der Waals surface area contributed by atoms with Crippen molar-refractivity contribution in [3.05, 3.63) is 59.9 Å². The fourth-order valence-electron chi connectivity index (χ4n) is 1.83. The molecule has 2 nitrogen and oxygen atoms in total. The zero-order valence-electron chi connectivity index (χ0n) is 9.41. The minimum Gasteiger partial charge on any atom is -0.375 e. The normalized spacial score (nSPS) is 15.3. The number of nitrogens with one attached hydrogen (secondary N) is 1. The van der Waals surface area contributed by atoms with Crippen molar-refractivity contribution in [1.82, 2.24) is 4.98 Å². The second-order valence-corrected chi connectivity index (χ2v) is 4.10. The van der Waals surface area contributed by atoms with Gasteiger partial charge in [-0.3, -0.25) is 0 Å². The SMILES string of the molecule is OC(Cc1ccccc1)(c1ccc[nH]1)C(F)(F)F. The summed E-state index contributed by atoms with van der Waals surface area (Å²) in [6.45, 7) is 0. The quantitative estimate of drug-likeness (QED) is 0.869. The van der Waals surface area contributed by atoms with E-state index in [-0.39, 0.29) is 5.69 Å². The van der Waals surface area contributed by atoms with Gasteiger partial charge in [-0.25, -0.2) is 0 Å². The van der Waals surface area contributed by atoms with E-state index in [0.717, 1.165) is 0 Å². The number of benzene rings is 1. The van der Waals surface area contributed by atoms with Crippen LogP contribution in [-0.2, 0) is 12.0 Å². The minimum absolute atomic E-state index is 0.251. The number of aliphatic hydroxyl groups is 1. The Morgan fingerprint density at radius 3 is 2.17 bits per heavy atom. The highest BCUT2D eigenvalue weighted by molar-refractivity contribution is 5.24. The topological polar surface area (TPSA) is 36.0 Å². The van der Waals surface area contributed by atoms with Gasteiger partial charge in [0.05, 0.1) is 5.69 Å². The van der Waals surface area contributed by atoms with Crippen molar-refractivity contribution in [3.63, 3.8) is 0 Å². The highest BCUT2D eigenvalue weighted by atomic mass is 19.4. The zero-order valence-corrected chi connectivity index (χ0v) is 9.41. The average molecular weight is 255 g/mol. The Labute approximate surface area is 102 Å². The third-order valence-electron chi connectivity index (χ3n) is 2.82. The first-order valence-electron chi connectivity index (χ1n) is 5.40. The van der Waals surface area contributed by atoms with Crippen molar-refractivity contribution in [2.75, 3.05) is 0 Å². The predicted octanol–water partition coefficient (Wildman–Crippen LogP) is 3.01.